The van der Waals surface area contributed by atoms with Crippen LogP contribution in [-0.2, 0) is 5.75 Å². The average Bonchev–Trinajstić information content (AvgIpc) is 3.03. The maximum atomic E-state index is 11.8. The number of carbonyl (C=O) groups is 1. The molecule has 0 aliphatic heterocycles. The van der Waals surface area contributed by atoms with Gasteiger partial charge in [0.25, 0.3) is 5.56 Å². The highest BCUT2D eigenvalue weighted by atomic mass is 32.2. The Labute approximate surface area is 135 Å². The number of hydrogen-bond acceptors (Lipinski definition) is 5. The molecule has 0 atom stereocenters. The molecule has 3 rings (SSSR count). The Morgan fingerprint density at radius 2 is 2.00 bits per heavy atom. The zero-order valence-corrected chi connectivity index (χ0v) is 12.7. The van der Waals surface area contributed by atoms with E-state index >= 15 is 0 Å². The van der Waals surface area contributed by atoms with Gasteiger partial charge < -0.3 is 14.5 Å². The molecule has 2 heterocycles. The molecule has 0 aliphatic carbocycles. The van der Waals surface area contributed by atoms with Gasteiger partial charge in [-0.3, -0.25) is 4.79 Å². The minimum absolute atomic E-state index is 0.111. The maximum Gasteiger partial charge on any atom is 0.371 e. The van der Waals surface area contributed by atoms with Gasteiger partial charge in [-0.05, 0) is 12.1 Å². The fraction of sp³-hybridized carbons (Fsp3) is 0.0625. The number of thioether (sulfide) groups is 1. The van der Waals surface area contributed by atoms with E-state index in [-0.39, 0.29) is 11.3 Å². The number of carboxylic acids is 1. The van der Waals surface area contributed by atoms with E-state index in [2.05, 4.69) is 9.97 Å². The summed E-state index contributed by atoms with van der Waals surface area (Å²) in [5.74, 6) is -0.354. The summed E-state index contributed by atoms with van der Waals surface area (Å²) in [6, 6.07) is 13.8. The number of aromatic amines is 1. The first-order chi connectivity index (χ1) is 11.1. The number of aromatic nitrogens is 2. The van der Waals surface area contributed by atoms with E-state index in [1.54, 1.807) is 6.07 Å². The standard InChI is InChI=1S/C16H12N2O4S/c19-14-8-12(10-4-2-1-3-5-10)17-16(18-14)23-9-11-6-7-13(22-11)15(20)21/h1-8H,9H2,(H,20,21)(H,17,18,19). The van der Waals surface area contributed by atoms with Crippen LogP contribution in [0.5, 0.6) is 0 Å². The molecule has 0 radical (unpaired) electrons. The molecule has 1 aromatic carbocycles. The molecule has 0 amide bonds. The summed E-state index contributed by atoms with van der Waals surface area (Å²) in [6.07, 6.45) is 0. The molecule has 0 aliphatic rings. The third-order valence-corrected chi connectivity index (χ3v) is 3.91. The summed E-state index contributed by atoms with van der Waals surface area (Å²) >= 11 is 1.27. The molecule has 0 saturated heterocycles. The molecule has 0 bridgehead atoms. The average molecular weight is 328 g/mol. The second-order valence-corrected chi connectivity index (χ2v) is 5.63. The van der Waals surface area contributed by atoms with E-state index in [1.807, 2.05) is 30.3 Å². The molecular formula is C16H12N2O4S. The lowest BCUT2D eigenvalue weighted by atomic mass is 10.1. The molecule has 2 aromatic heterocycles. The van der Waals surface area contributed by atoms with Crippen molar-refractivity contribution in [2.24, 2.45) is 0 Å². The van der Waals surface area contributed by atoms with Gasteiger partial charge >= 0.3 is 5.97 Å². The molecule has 2 N–H and O–H groups in total. The summed E-state index contributed by atoms with van der Waals surface area (Å²) in [6.45, 7) is 0. The van der Waals surface area contributed by atoms with Gasteiger partial charge in [-0.15, -0.1) is 0 Å². The zero-order chi connectivity index (χ0) is 16.2. The van der Waals surface area contributed by atoms with Crippen LogP contribution in [0.1, 0.15) is 16.3 Å². The Balaban J connectivity index is 1.79. The van der Waals surface area contributed by atoms with Gasteiger partial charge in [0.15, 0.2) is 5.16 Å². The number of H-pyrrole nitrogens is 1. The van der Waals surface area contributed by atoms with E-state index in [9.17, 15) is 9.59 Å². The largest absolute Gasteiger partial charge is 0.475 e. The van der Waals surface area contributed by atoms with Crippen molar-refractivity contribution in [2.45, 2.75) is 10.9 Å². The number of nitrogens with one attached hydrogen (secondary N) is 1. The highest BCUT2D eigenvalue weighted by molar-refractivity contribution is 7.98. The normalized spacial score (nSPS) is 10.6. The number of aromatic carboxylic acids is 1. The molecule has 3 aromatic rings. The monoisotopic (exact) mass is 328 g/mol. The minimum atomic E-state index is -1.11. The Kier molecular flexibility index (Phi) is 4.29. The Bertz CT molecular complexity index is 886. The first-order valence-corrected chi connectivity index (χ1v) is 7.72. The molecule has 116 valence electrons. The fourth-order valence-corrected chi connectivity index (χ4v) is 2.74. The van der Waals surface area contributed by atoms with E-state index < -0.39 is 5.97 Å². The number of benzene rings is 1. The van der Waals surface area contributed by atoms with Crippen molar-refractivity contribution in [3.05, 3.63) is 70.4 Å². The van der Waals surface area contributed by atoms with Crippen LogP contribution in [-0.4, -0.2) is 21.0 Å². The van der Waals surface area contributed by atoms with Gasteiger partial charge in [-0.25, -0.2) is 9.78 Å². The van der Waals surface area contributed by atoms with Crippen LogP contribution >= 0.6 is 11.8 Å². The second-order valence-electron chi connectivity index (χ2n) is 4.66. The summed E-state index contributed by atoms with van der Waals surface area (Å²) < 4.78 is 5.17. The molecule has 23 heavy (non-hydrogen) atoms. The van der Waals surface area contributed by atoms with Crippen LogP contribution in [0.2, 0.25) is 0 Å². The van der Waals surface area contributed by atoms with Gasteiger partial charge in [-0.1, -0.05) is 42.1 Å². The fourth-order valence-electron chi connectivity index (χ4n) is 1.97. The third-order valence-electron chi connectivity index (χ3n) is 3.01. The number of hydrogen-bond donors (Lipinski definition) is 2. The van der Waals surface area contributed by atoms with Crippen molar-refractivity contribution in [3.8, 4) is 11.3 Å². The molecule has 0 fully saturated rings. The molecular weight excluding hydrogens is 316 g/mol. The third kappa shape index (κ3) is 3.70. The van der Waals surface area contributed by atoms with Crippen molar-refractivity contribution in [2.75, 3.05) is 0 Å². The summed E-state index contributed by atoms with van der Waals surface area (Å²) in [5.41, 5.74) is 1.20. The summed E-state index contributed by atoms with van der Waals surface area (Å²) in [5, 5.41) is 9.27. The SMILES string of the molecule is O=C(O)c1ccc(CSc2nc(-c3ccccc3)cc(=O)[nH]2)o1. The predicted octanol–water partition coefficient (Wildman–Crippen LogP) is 3.02. The van der Waals surface area contributed by atoms with Crippen LogP contribution in [0.15, 0.2) is 62.9 Å². The van der Waals surface area contributed by atoms with E-state index in [0.717, 1.165) is 5.56 Å². The number of nitrogens with zero attached hydrogens (tertiary/aromatic N) is 1. The summed E-state index contributed by atoms with van der Waals surface area (Å²) in [7, 11) is 0. The predicted molar refractivity (Wildman–Crippen MR) is 85.5 cm³/mol. The lowest BCUT2D eigenvalue weighted by Gasteiger charge is -2.03. The molecule has 0 saturated carbocycles. The molecule has 6 nitrogen and oxygen atoms in total. The van der Waals surface area contributed by atoms with Crippen molar-refractivity contribution >= 4 is 17.7 Å². The first-order valence-electron chi connectivity index (χ1n) is 6.73. The van der Waals surface area contributed by atoms with Gasteiger partial charge in [0, 0.05) is 11.6 Å². The van der Waals surface area contributed by atoms with Crippen molar-refractivity contribution in [1.29, 1.82) is 0 Å². The Morgan fingerprint density at radius 1 is 1.22 bits per heavy atom. The van der Waals surface area contributed by atoms with Crippen LogP contribution in [0.3, 0.4) is 0 Å². The minimum Gasteiger partial charge on any atom is -0.475 e. The maximum absolute atomic E-state index is 11.8. The molecule has 7 heteroatoms. The van der Waals surface area contributed by atoms with Crippen LogP contribution in [0, 0.1) is 0 Å². The highest BCUT2D eigenvalue weighted by Crippen LogP contribution is 2.22. The van der Waals surface area contributed by atoms with Crippen molar-refractivity contribution in [1.82, 2.24) is 9.97 Å². The topological polar surface area (TPSA) is 96.2 Å². The van der Waals surface area contributed by atoms with E-state index in [1.165, 1.54) is 23.9 Å². The highest BCUT2D eigenvalue weighted by Gasteiger charge is 2.10. The van der Waals surface area contributed by atoms with Gasteiger partial charge in [0.1, 0.15) is 5.76 Å². The van der Waals surface area contributed by atoms with Crippen LogP contribution < -0.4 is 5.56 Å². The van der Waals surface area contributed by atoms with Gasteiger partial charge in [0.2, 0.25) is 5.76 Å². The summed E-state index contributed by atoms with van der Waals surface area (Å²) in [4.78, 5) is 29.6. The second kappa shape index (κ2) is 6.53. The zero-order valence-electron chi connectivity index (χ0n) is 11.9. The van der Waals surface area contributed by atoms with E-state index in [4.69, 9.17) is 9.52 Å². The quantitative estimate of drug-likeness (QED) is 0.552. The first kappa shape index (κ1) is 15.1. The molecule has 0 unspecified atom stereocenters. The number of furan rings is 1. The van der Waals surface area contributed by atoms with Gasteiger partial charge in [-0.2, -0.15) is 0 Å². The van der Waals surface area contributed by atoms with Crippen LogP contribution in [0.4, 0.5) is 0 Å². The van der Waals surface area contributed by atoms with E-state index in [0.29, 0.717) is 22.4 Å². The van der Waals surface area contributed by atoms with Crippen LogP contribution in [0.25, 0.3) is 11.3 Å². The smallest absolute Gasteiger partial charge is 0.371 e. The molecule has 0 spiro atoms. The van der Waals surface area contributed by atoms with Gasteiger partial charge in [0.05, 0.1) is 11.4 Å². The Morgan fingerprint density at radius 3 is 2.70 bits per heavy atom. The number of rotatable bonds is 5. The number of carboxylic acid groups (broad SMARTS) is 1. The lowest BCUT2D eigenvalue weighted by molar-refractivity contribution is 0.0661. The Hall–Kier alpha value is -2.80. The lowest BCUT2D eigenvalue weighted by Crippen LogP contribution is -2.08. The van der Waals surface area contributed by atoms with Crippen molar-refractivity contribution < 1.29 is 14.3 Å². The van der Waals surface area contributed by atoms with Crippen molar-refractivity contribution in [3.63, 3.8) is 0 Å².